The number of hydrogen-bond acceptors (Lipinski definition) is 3. The Morgan fingerprint density at radius 3 is 2.52 bits per heavy atom. The third-order valence-corrected chi connectivity index (χ3v) is 4.92. The highest BCUT2D eigenvalue weighted by atomic mass is 16.5. The molecule has 110 valence electrons. The Balaban J connectivity index is 1.71. The van der Waals surface area contributed by atoms with E-state index in [1.807, 2.05) is 0 Å². The van der Waals surface area contributed by atoms with Gasteiger partial charge in [-0.05, 0) is 29.2 Å². The molecule has 2 bridgehead atoms. The van der Waals surface area contributed by atoms with Gasteiger partial charge >= 0.3 is 0 Å². The van der Waals surface area contributed by atoms with Gasteiger partial charge in [0.05, 0.1) is 12.2 Å². The Labute approximate surface area is 125 Å². The molecule has 0 radical (unpaired) electrons. The highest BCUT2D eigenvalue weighted by Gasteiger charge is 2.36. The second-order valence-electron chi connectivity index (χ2n) is 6.23. The number of hydrogen-bond donors (Lipinski definition) is 1. The topological polar surface area (TPSA) is 38.5 Å². The van der Waals surface area contributed by atoms with Gasteiger partial charge in [-0.15, -0.1) is 0 Å². The minimum absolute atomic E-state index is 0.295. The summed E-state index contributed by atoms with van der Waals surface area (Å²) in [5.41, 5.74) is 7.51. The third-order valence-electron chi connectivity index (χ3n) is 4.92. The maximum Gasteiger partial charge on any atom is 0.0707 e. The van der Waals surface area contributed by atoms with E-state index in [1.165, 1.54) is 29.2 Å². The molecule has 2 aliphatic rings. The van der Waals surface area contributed by atoms with Crippen molar-refractivity contribution in [1.29, 1.82) is 0 Å². The zero-order valence-electron chi connectivity index (χ0n) is 12.2. The molecule has 2 heterocycles. The fourth-order valence-electron chi connectivity index (χ4n) is 3.91. The van der Waals surface area contributed by atoms with E-state index in [0.29, 0.717) is 24.8 Å². The lowest BCUT2D eigenvalue weighted by Gasteiger charge is -2.38. The minimum Gasteiger partial charge on any atom is -0.372 e. The maximum absolute atomic E-state index is 6.16. The number of ether oxygens (including phenoxy) is 1. The van der Waals surface area contributed by atoms with Crippen LogP contribution >= 0.6 is 0 Å². The molecule has 2 aromatic rings. The molecule has 21 heavy (non-hydrogen) atoms. The normalized spacial score (nSPS) is 27.1. The SMILES string of the molecule is NCC(c1cccc2ccccc12)N1CC2CCC(C1)O2. The zero-order valence-corrected chi connectivity index (χ0v) is 12.2. The molecule has 2 N–H and O–H groups in total. The van der Waals surface area contributed by atoms with E-state index < -0.39 is 0 Å². The quantitative estimate of drug-likeness (QED) is 0.940. The number of fused-ring (bicyclic) bond motifs is 3. The predicted octanol–water partition coefficient (Wildman–Crippen LogP) is 2.70. The van der Waals surface area contributed by atoms with Crippen molar-refractivity contribution in [3.63, 3.8) is 0 Å². The van der Waals surface area contributed by atoms with E-state index in [0.717, 1.165) is 13.1 Å². The van der Waals surface area contributed by atoms with Gasteiger partial charge in [0.2, 0.25) is 0 Å². The van der Waals surface area contributed by atoms with Crippen LogP contribution in [0.25, 0.3) is 10.8 Å². The van der Waals surface area contributed by atoms with Gasteiger partial charge in [-0.25, -0.2) is 0 Å². The van der Waals surface area contributed by atoms with E-state index in [1.54, 1.807) is 0 Å². The van der Waals surface area contributed by atoms with Gasteiger partial charge in [0.15, 0.2) is 0 Å². The van der Waals surface area contributed by atoms with Crippen molar-refractivity contribution >= 4 is 10.8 Å². The van der Waals surface area contributed by atoms with E-state index >= 15 is 0 Å². The summed E-state index contributed by atoms with van der Waals surface area (Å²) >= 11 is 0. The van der Waals surface area contributed by atoms with Gasteiger partial charge in [0.1, 0.15) is 0 Å². The number of benzene rings is 2. The summed E-state index contributed by atoms with van der Waals surface area (Å²) in [6, 6.07) is 15.4. The fraction of sp³-hybridized carbons (Fsp3) is 0.444. The van der Waals surface area contributed by atoms with E-state index in [-0.39, 0.29) is 0 Å². The van der Waals surface area contributed by atoms with Crippen molar-refractivity contribution in [2.75, 3.05) is 19.6 Å². The van der Waals surface area contributed by atoms with Crippen LogP contribution in [-0.4, -0.2) is 36.7 Å². The smallest absolute Gasteiger partial charge is 0.0707 e. The van der Waals surface area contributed by atoms with Crippen LogP contribution in [0.2, 0.25) is 0 Å². The number of morpholine rings is 1. The molecular weight excluding hydrogens is 260 g/mol. The first kappa shape index (κ1) is 13.3. The molecule has 3 heteroatoms. The number of nitrogens with two attached hydrogens (primary N) is 1. The molecule has 3 nitrogen and oxygen atoms in total. The van der Waals surface area contributed by atoms with Gasteiger partial charge in [0.25, 0.3) is 0 Å². The van der Waals surface area contributed by atoms with Crippen LogP contribution in [0, 0.1) is 0 Å². The summed E-state index contributed by atoms with van der Waals surface area (Å²) in [6.45, 7) is 2.69. The molecule has 3 unspecified atom stereocenters. The molecule has 3 atom stereocenters. The standard InChI is InChI=1S/C18H22N2O/c19-10-18(20-11-14-8-9-15(12-20)21-14)17-7-3-5-13-4-1-2-6-16(13)17/h1-7,14-15,18H,8-12,19H2. The molecule has 2 aliphatic heterocycles. The van der Waals surface area contributed by atoms with E-state index in [2.05, 4.69) is 47.4 Å². The average Bonchev–Trinajstić information content (AvgIpc) is 2.87. The maximum atomic E-state index is 6.16. The molecule has 2 saturated heterocycles. The fourth-order valence-corrected chi connectivity index (χ4v) is 3.91. The van der Waals surface area contributed by atoms with Crippen molar-refractivity contribution in [2.24, 2.45) is 5.73 Å². The molecule has 0 amide bonds. The lowest BCUT2D eigenvalue weighted by Crippen LogP contribution is -2.46. The number of rotatable bonds is 3. The van der Waals surface area contributed by atoms with Crippen molar-refractivity contribution < 1.29 is 4.74 Å². The zero-order chi connectivity index (χ0) is 14.2. The van der Waals surface area contributed by atoms with Gasteiger partial charge in [0, 0.05) is 25.7 Å². The van der Waals surface area contributed by atoms with Crippen LogP contribution in [0.15, 0.2) is 42.5 Å². The Bertz CT molecular complexity index is 625. The Kier molecular flexibility index (Phi) is 3.42. The molecule has 0 aromatic heterocycles. The third kappa shape index (κ3) is 2.35. The monoisotopic (exact) mass is 282 g/mol. The van der Waals surface area contributed by atoms with Gasteiger partial charge in [-0.2, -0.15) is 0 Å². The van der Waals surface area contributed by atoms with Crippen LogP contribution in [0.4, 0.5) is 0 Å². The van der Waals surface area contributed by atoms with Crippen molar-refractivity contribution in [3.05, 3.63) is 48.0 Å². The van der Waals surface area contributed by atoms with Crippen molar-refractivity contribution in [1.82, 2.24) is 4.90 Å². The second kappa shape index (κ2) is 5.41. The molecule has 2 aromatic carbocycles. The Morgan fingerprint density at radius 2 is 1.76 bits per heavy atom. The highest BCUT2D eigenvalue weighted by Crippen LogP contribution is 2.33. The molecule has 2 fully saturated rings. The van der Waals surface area contributed by atoms with Crippen LogP contribution in [0.3, 0.4) is 0 Å². The summed E-state index contributed by atoms with van der Waals surface area (Å²) in [5, 5.41) is 2.62. The van der Waals surface area contributed by atoms with Crippen molar-refractivity contribution in [3.8, 4) is 0 Å². The summed E-state index contributed by atoms with van der Waals surface area (Å²) in [5.74, 6) is 0. The first-order chi connectivity index (χ1) is 10.3. The Hall–Kier alpha value is -1.42. The predicted molar refractivity (Wildman–Crippen MR) is 85.2 cm³/mol. The number of nitrogens with zero attached hydrogens (tertiary/aromatic N) is 1. The van der Waals surface area contributed by atoms with Crippen LogP contribution < -0.4 is 5.73 Å². The summed E-state index contributed by atoms with van der Waals surface area (Å²) in [7, 11) is 0. The van der Waals surface area contributed by atoms with Crippen molar-refractivity contribution in [2.45, 2.75) is 31.1 Å². The van der Waals surface area contributed by atoms with Gasteiger partial charge < -0.3 is 10.5 Å². The lowest BCUT2D eigenvalue weighted by molar-refractivity contribution is -0.0519. The minimum atomic E-state index is 0.295. The highest BCUT2D eigenvalue weighted by molar-refractivity contribution is 5.86. The van der Waals surface area contributed by atoms with Crippen LogP contribution in [-0.2, 0) is 4.74 Å². The summed E-state index contributed by atoms with van der Waals surface area (Å²) in [6.07, 6.45) is 3.22. The molecule has 0 saturated carbocycles. The average molecular weight is 282 g/mol. The van der Waals surface area contributed by atoms with Gasteiger partial charge in [-0.3, -0.25) is 4.90 Å². The van der Waals surface area contributed by atoms with Crippen LogP contribution in [0.5, 0.6) is 0 Å². The molecule has 0 aliphatic carbocycles. The number of likely N-dealkylation sites (tertiary alicyclic amines) is 1. The summed E-state index contributed by atoms with van der Waals surface area (Å²) < 4.78 is 5.96. The lowest BCUT2D eigenvalue weighted by atomic mass is 9.97. The Morgan fingerprint density at radius 1 is 1.05 bits per heavy atom. The first-order valence-electron chi connectivity index (χ1n) is 7.92. The molecule has 0 spiro atoms. The molecular formula is C18H22N2O. The second-order valence-corrected chi connectivity index (χ2v) is 6.23. The van der Waals surface area contributed by atoms with Gasteiger partial charge in [-0.1, -0.05) is 42.5 Å². The van der Waals surface area contributed by atoms with Crippen LogP contribution in [0.1, 0.15) is 24.4 Å². The van der Waals surface area contributed by atoms with E-state index in [4.69, 9.17) is 10.5 Å². The summed E-state index contributed by atoms with van der Waals surface area (Å²) in [4.78, 5) is 2.54. The first-order valence-corrected chi connectivity index (χ1v) is 7.92. The molecule has 4 rings (SSSR count). The van der Waals surface area contributed by atoms with E-state index in [9.17, 15) is 0 Å². The largest absolute Gasteiger partial charge is 0.372 e.